The summed E-state index contributed by atoms with van der Waals surface area (Å²) in [6.07, 6.45) is -2.82. The summed E-state index contributed by atoms with van der Waals surface area (Å²) in [4.78, 5) is 0. The minimum absolute atomic E-state index is 1.20. The van der Waals surface area contributed by atoms with Gasteiger partial charge in [0, 0.05) is 4.11 Å². The normalized spacial score (nSPS) is 29.5. The Morgan fingerprint density at radius 1 is 1.50 bits per heavy atom. The number of aliphatic hydroxyl groups is 2. The van der Waals surface area contributed by atoms with Crippen molar-refractivity contribution in [2.45, 2.75) is 26.0 Å². The highest BCUT2D eigenvalue weighted by Gasteiger charge is 1.99. The first-order chi connectivity index (χ1) is 3.85. The summed E-state index contributed by atoms with van der Waals surface area (Å²) in [5.41, 5.74) is 0. The Morgan fingerprint density at radius 2 is 2.00 bits per heavy atom. The zero-order valence-corrected chi connectivity index (χ0v) is 3.55. The molecule has 0 aliphatic carbocycles. The Kier molecular flexibility index (Phi) is 0.821. The van der Waals surface area contributed by atoms with Gasteiger partial charge in [0.1, 0.15) is 0 Å². The number of hydrogen-bond donors (Lipinski definition) is 2. The standard InChI is InChI=1S/C4H10O2/c1-3(5)4(2)6/h3-6H,1-2H3/t3-,4+/i1D3/m1/s1. The smallest absolute Gasteiger partial charge is 0.0768 e. The molecule has 0 unspecified atom stereocenters. The van der Waals surface area contributed by atoms with E-state index in [1.54, 1.807) is 0 Å². The third kappa shape index (κ3) is 2.18. The van der Waals surface area contributed by atoms with Crippen molar-refractivity contribution in [2.75, 3.05) is 0 Å². The lowest BCUT2D eigenvalue weighted by Gasteiger charge is -2.03. The fraction of sp³-hybridized carbons (Fsp3) is 1.00. The van der Waals surface area contributed by atoms with Crippen LogP contribution in [-0.4, -0.2) is 22.4 Å². The SMILES string of the molecule is [2H]C([2H])([2H])[C@@H](O)[C@H](C)O. The average molecular weight is 93.1 g/mol. The van der Waals surface area contributed by atoms with Crippen LogP contribution < -0.4 is 0 Å². The maximum atomic E-state index is 8.65. The molecule has 2 heteroatoms. The summed E-state index contributed by atoms with van der Waals surface area (Å²) in [6, 6.07) is 0. The van der Waals surface area contributed by atoms with Gasteiger partial charge in [-0.2, -0.15) is 0 Å². The van der Waals surface area contributed by atoms with Crippen molar-refractivity contribution in [1.29, 1.82) is 0 Å². The molecule has 2 nitrogen and oxygen atoms in total. The largest absolute Gasteiger partial charge is 0.391 e. The highest BCUT2D eigenvalue weighted by Crippen LogP contribution is 1.85. The molecule has 0 rings (SSSR count). The van der Waals surface area contributed by atoms with Crippen LogP contribution >= 0.6 is 0 Å². The molecule has 2 atom stereocenters. The van der Waals surface area contributed by atoms with Gasteiger partial charge < -0.3 is 10.2 Å². The predicted molar refractivity (Wildman–Crippen MR) is 23.4 cm³/mol. The molecule has 0 aromatic rings. The van der Waals surface area contributed by atoms with Crippen molar-refractivity contribution < 1.29 is 14.3 Å². The van der Waals surface area contributed by atoms with E-state index < -0.39 is 19.1 Å². The van der Waals surface area contributed by atoms with Crippen LogP contribution in [0.25, 0.3) is 0 Å². The first-order valence-corrected chi connectivity index (χ1v) is 1.72. The van der Waals surface area contributed by atoms with Gasteiger partial charge in [-0.05, 0) is 13.8 Å². The van der Waals surface area contributed by atoms with Crippen molar-refractivity contribution in [3.05, 3.63) is 0 Å². The van der Waals surface area contributed by atoms with E-state index in [1.807, 2.05) is 0 Å². The molecule has 0 saturated heterocycles. The van der Waals surface area contributed by atoms with Gasteiger partial charge in [0.15, 0.2) is 0 Å². The molecular formula is C4H10O2. The molecule has 0 spiro atoms. The van der Waals surface area contributed by atoms with Crippen molar-refractivity contribution >= 4 is 0 Å². The maximum absolute atomic E-state index is 8.65. The predicted octanol–water partition coefficient (Wildman–Crippen LogP) is -0.252. The number of aliphatic hydroxyl groups excluding tert-OH is 2. The van der Waals surface area contributed by atoms with E-state index in [9.17, 15) is 0 Å². The summed E-state index contributed by atoms with van der Waals surface area (Å²) in [5, 5.41) is 17.2. The molecule has 0 heterocycles. The van der Waals surface area contributed by atoms with Gasteiger partial charge in [0.05, 0.1) is 12.2 Å². The first kappa shape index (κ1) is 2.28. The van der Waals surface area contributed by atoms with Crippen molar-refractivity contribution in [1.82, 2.24) is 0 Å². The van der Waals surface area contributed by atoms with E-state index in [4.69, 9.17) is 14.3 Å². The molecule has 0 aliphatic heterocycles. The summed E-state index contributed by atoms with van der Waals surface area (Å²) in [5.74, 6) is 0. The molecule has 0 bridgehead atoms. The van der Waals surface area contributed by atoms with Gasteiger partial charge >= 0.3 is 0 Å². The zero-order chi connectivity index (χ0) is 7.65. The first-order valence-electron chi connectivity index (χ1n) is 3.22. The topological polar surface area (TPSA) is 40.5 Å². The molecule has 0 saturated carbocycles. The lowest BCUT2D eigenvalue weighted by atomic mass is 10.3. The van der Waals surface area contributed by atoms with E-state index in [1.165, 1.54) is 6.92 Å². The molecule has 0 aliphatic rings. The van der Waals surface area contributed by atoms with Crippen molar-refractivity contribution in [3.63, 3.8) is 0 Å². The van der Waals surface area contributed by atoms with Gasteiger partial charge in [-0.3, -0.25) is 0 Å². The second kappa shape index (κ2) is 2.16. The molecule has 38 valence electrons. The van der Waals surface area contributed by atoms with Crippen molar-refractivity contribution in [3.8, 4) is 0 Å². The minimum Gasteiger partial charge on any atom is -0.391 e. The number of rotatable bonds is 1. The molecule has 0 aromatic heterocycles. The van der Waals surface area contributed by atoms with Gasteiger partial charge in [0.2, 0.25) is 0 Å². The molecule has 0 fully saturated rings. The Balaban J connectivity index is 3.88. The van der Waals surface area contributed by atoms with Gasteiger partial charge in [-0.1, -0.05) is 0 Å². The van der Waals surface area contributed by atoms with Crippen molar-refractivity contribution in [2.24, 2.45) is 0 Å². The van der Waals surface area contributed by atoms with Crippen LogP contribution in [0.2, 0.25) is 0 Å². The van der Waals surface area contributed by atoms with Crippen LogP contribution in [-0.2, 0) is 0 Å². The second-order valence-electron chi connectivity index (χ2n) is 1.19. The van der Waals surface area contributed by atoms with Gasteiger partial charge in [-0.25, -0.2) is 0 Å². The Hall–Kier alpha value is -0.0800. The fourth-order valence-corrected chi connectivity index (χ4v) is 0. The highest BCUT2D eigenvalue weighted by molar-refractivity contribution is 4.50. The Bertz CT molecular complexity index is 88.3. The average Bonchev–Trinajstić information content (AvgIpc) is 1.62. The highest BCUT2D eigenvalue weighted by atomic mass is 16.3. The van der Waals surface area contributed by atoms with E-state index in [0.29, 0.717) is 0 Å². The summed E-state index contributed by atoms with van der Waals surface area (Å²) in [7, 11) is 0. The Morgan fingerprint density at radius 3 is 2.00 bits per heavy atom. The monoisotopic (exact) mass is 93.1 g/mol. The third-order valence-corrected chi connectivity index (χ3v) is 0.457. The van der Waals surface area contributed by atoms with E-state index in [0.717, 1.165) is 0 Å². The van der Waals surface area contributed by atoms with Crippen LogP contribution in [0.1, 0.15) is 17.9 Å². The molecule has 2 N–H and O–H groups in total. The summed E-state index contributed by atoms with van der Waals surface area (Å²) >= 11 is 0. The van der Waals surface area contributed by atoms with E-state index >= 15 is 0 Å². The Labute approximate surface area is 41.6 Å². The van der Waals surface area contributed by atoms with Crippen LogP contribution in [0.4, 0.5) is 0 Å². The molecule has 0 radical (unpaired) electrons. The molecule has 0 aromatic carbocycles. The lowest BCUT2D eigenvalue weighted by molar-refractivity contribution is 0.0438. The zero-order valence-electron chi connectivity index (χ0n) is 6.55. The minimum atomic E-state index is -2.46. The molecular weight excluding hydrogens is 80.0 g/mol. The van der Waals surface area contributed by atoms with E-state index in [-0.39, 0.29) is 0 Å². The quantitative estimate of drug-likeness (QED) is 0.469. The van der Waals surface area contributed by atoms with Crippen LogP contribution in [0.5, 0.6) is 0 Å². The molecule has 0 amide bonds. The van der Waals surface area contributed by atoms with Crippen LogP contribution in [0.3, 0.4) is 0 Å². The van der Waals surface area contributed by atoms with Gasteiger partial charge in [0.25, 0.3) is 0 Å². The number of hydrogen-bond acceptors (Lipinski definition) is 2. The maximum Gasteiger partial charge on any atom is 0.0768 e. The lowest BCUT2D eigenvalue weighted by Crippen LogP contribution is -2.17. The van der Waals surface area contributed by atoms with Gasteiger partial charge in [-0.15, -0.1) is 0 Å². The second-order valence-corrected chi connectivity index (χ2v) is 1.19. The van der Waals surface area contributed by atoms with E-state index in [2.05, 4.69) is 0 Å². The fourth-order valence-electron chi connectivity index (χ4n) is 0. The van der Waals surface area contributed by atoms with Crippen LogP contribution in [0.15, 0.2) is 0 Å². The third-order valence-electron chi connectivity index (χ3n) is 0.457. The van der Waals surface area contributed by atoms with Crippen LogP contribution in [0, 0.1) is 0 Å². The molecule has 6 heavy (non-hydrogen) atoms. The summed E-state index contributed by atoms with van der Waals surface area (Å²) < 4.78 is 19.8. The summed E-state index contributed by atoms with van der Waals surface area (Å²) in [6.45, 7) is -1.23.